The van der Waals surface area contributed by atoms with Gasteiger partial charge in [0.25, 0.3) is 0 Å². The summed E-state index contributed by atoms with van der Waals surface area (Å²) in [5, 5.41) is 31.4. The van der Waals surface area contributed by atoms with E-state index in [1.807, 2.05) is 0 Å². The Labute approximate surface area is 94.5 Å². The van der Waals surface area contributed by atoms with Crippen LogP contribution < -0.4 is 5.32 Å². The number of aliphatic hydroxyl groups excluding tert-OH is 1. The molecule has 1 aromatic carbocycles. The van der Waals surface area contributed by atoms with Gasteiger partial charge in [0.2, 0.25) is 0 Å². The van der Waals surface area contributed by atoms with Crippen LogP contribution in [0.3, 0.4) is 0 Å². The van der Waals surface area contributed by atoms with Gasteiger partial charge in [0, 0.05) is 12.1 Å². The molecule has 1 atom stereocenters. The van der Waals surface area contributed by atoms with Gasteiger partial charge in [-0.25, -0.2) is 0 Å². The Morgan fingerprint density at radius 1 is 1.19 bits per heavy atom. The third-order valence-electron chi connectivity index (χ3n) is 3.05. The zero-order valence-corrected chi connectivity index (χ0v) is 9.06. The zero-order chi connectivity index (χ0) is 11.5. The highest BCUT2D eigenvalue weighted by atomic mass is 16.3. The van der Waals surface area contributed by atoms with Crippen LogP contribution in [0.25, 0.3) is 0 Å². The Morgan fingerprint density at radius 2 is 1.81 bits per heavy atom. The Kier molecular flexibility index (Phi) is 3.31. The maximum atomic E-state index is 9.37. The molecule has 1 saturated carbocycles. The van der Waals surface area contributed by atoms with Crippen LogP contribution in [-0.4, -0.2) is 28.0 Å². The molecule has 2 rings (SSSR count). The van der Waals surface area contributed by atoms with Crippen LogP contribution in [0, 0.1) is 0 Å². The maximum Gasteiger partial charge on any atom is 0.119 e. The molecule has 4 N–H and O–H groups in total. The van der Waals surface area contributed by atoms with E-state index in [0.717, 1.165) is 12.8 Å². The second kappa shape index (κ2) is 4.72. The fourth-order valence-electron chi connectivity index (χ4n) is 1.93. The van der Waals surface area contributed by atoms with Crippen LogP contribution >= 0.6 is 0 Å². The minimum Gasteiger partial charge on any atom is -0.508 e. The molecular formula is C12H17NO3. The van der Waals surface area contributed by atoms with Crippen LogP contribution in [0.1, 0.15) is 30.9 Å². The standard InChI is InChI=1S/C12H17NO3/c14-7-12(13-9-2-1-3-9)8-4-10(15)6-11(16)5-8/h4-6,9,12-16H,1-3,7H2. The smallest absolute Gasteiger partial charge is 0.119 e. The highest BCUT2D eigenvalue weighted by Crippen LogP contribution is 2.27. The van der Waals surface area contributed by atoms with Crippen LogP contribution in [0.2, 0.25) is 0 Å². The molecule has 1 aromatic rings. The third kappa shape index (κ3) is 2.46. The van der Waals surface area contributed by atoms with E-state index < -0.39 is 0 Å². The van der Waals surface area contributed by atoms with Gasteiger partial charge in [0.05, 0.1) is 12.6 Å². The number of aliphatic hydroxyl groups is 1. The van der Waals surface area contributed by atoms with Crippen LogP contribution in [0.5, 0.6) is 11.5 Å². The first-order valence-corrected chi connectivity index (χ1v) is 5.59. The average molecular weight is 223 g/mol. The highest BCUT2D eigenvalue weighted by Gasteiger charge is 2.22. The number of rotatable bonds is 4. The second-order valence-corrected chi connectivity index (χ2v) is 4.31. The number of phenolic OH excluding ortho intramolecular Hbond substituents is 2. The van der Waals surface area contributed by atoms with E-state index >= 15 is 0 Å². The van der Waals surface area contributed by atoms with Crippen molar-refractivity contribution in [2.45, 2.75) is 31.3 Å². The van der Waals surface area contributed by atoms with Gasteiger partial charge in [-0.3, -0.25) is 0 Å². The lowest BCUT2D eigenvalue weighted by molar-refractivity contribution is 0.209. The van der Waals surface area contributed by atoms with Crippen LogP contribution in [0.4, 0.5) is 0 Å². The van der Waals surface area contributed by atoms with Crippen molar-refractivity contribution in [2.75, 3.05) is 6.61 Å². The predicted molar refractivity (Wildman–Crippen MR) is 60.4 cm³/mol. The van der Waals surface area contributed by atoms with Crippen molar-refractivity contribution in [3.63, 3.8) is 0 Å². The second-order valence-electron chi connectivity index (χ2n) is 4.31. The minimum absolute atomic E-state index is 0.0175. The molecule has 0 spiro atoms. The van der Waals surface area contributed by atoms with Crippen molar-refractivity contribution in [2.24, 2.45) is 0 Å². The molecule has 0 bridgehead atoms. The zero-order valence-electron chi connectivity index (χ0n) is 9.06. The van der Waals surface area contributed by atoms with Crippen molar-refractivity contribution in [3.8, 4) is 11.5 Å². The molecule has 88 valence electrons. The van der Waals surface area contributed by atoms with Gasteiger partial charge in [-0.15, -0.1) is 0 Å². The first-order chi connectivity index (χ1) is 7.69. The van der Waals surface area contributed by atoms with E-state index in [9.17, 15) is 15.3 Å². The topological polar surface area (TPSA) is 72.7 Å². The van der Waals surface area contributed by atoms with E-state index in [4.69, 9.17) is 0 Å². The summed E-state index contributed by atoms with van der Waals surface area (Å²) in [5.41, 5.74) is 0.715. The molecule has 1 aliphatic rings. The normalized spacial score (nSPS) is 18.1. The van der Waals surface area contributed by atoms with Crippen molar-refractivity contribution < 1.29 is 15.3 Å². The average Bonchev–Trinajstić information content (AvgIpc) is 2.14. The number of hydrogen-bond donors (Lipinski definition) is 4. The van der Waals surface area contributed by atoms with E-state index in [2.05, 4.69) is 5.32 Å². The maximum absolute atomic E-state index is 9.37. The first kappa shape index (κ1) is 11.2. The SMILES string of the molecule is OCC(NC1CCC1)c1cc(O)cc(O)c1. The van der Waals surface area contributed by atoms with Gasteiger partial charge in [-0.05, 0) is 30.5 Å². The van der Waals surface area contributed by atoms with E-state index in [1.54, 1.807) is 12.1 Å². The predicted octanol–water partition coefficient (Wildman–Crippen LogP) is 1.27. The summed E-state index contributed by atoms with van der Waals surface area (Å²) in [5.74, 6) is 0.0349. The third-order valence-corrected chi connectivity index (χ3v) is 3.05. The number of benzene rings is 1. The number of hydrogen-bond acceptors (Lipinski definition) is 4. The van der Waals surface area contributed by atoms with Gasteiger partial charge < -0.3 is 20.6 Å². The van der Waals surface area contributed by atoms with Gasteiger partial charge in [0.1, 0.15) is 11.5 Å². The Bertz CT molecular complexity index is 343. The summed E-state index contributed by atoms with van der Waals surface area (Å²) >= 11 is 0. The Hall–Kier alpha value is -1.26. The van der Waals surface area contributed by atoms with Crippen molar-refractivity contribution in [1.82, 2.24) is 5.32 Å². The highest BCUT2D eigenvalue weighted by molar-refractivity contribution is 5.38. The molecular weight excluding hydrogens is 206 g/mol. The van der Waals surface area contributed by atoms with E-state index in [0.29, 0.717) is 11.6 Å². The minimum atomic E-state index is -0.219. The number of nitrogens with one attached hydrogen (secondary N) is 1. The molecule has 0 heterocycles. The van der Waals surface area contributed by atoms with Crippen molar-refractivity contribution in [1.29, 1.82) is 0 Å². The summed E-state index contributed by atoms with van der Waals surface area (Å²) in [7, 11) is 0. The molecule has 0 radical (unpaired) electrons. The molecule has 0 aliphatic heterocycles. The fraction of sp³-hybridized carbons (Fsp3) is 0.500. The lowest BCUT2D eigenvalue weighted by atomic mass is 9.91. The summed E-state index contributed by atoms with van der Waals surface area (Å²) in [6, 6.07) is 4.63. The summed E-state index contributed by atoms with van der Waals surface area (Å²) in [4.78, 5) is 0. The van der Waals surface area contributed by atoms with Gasteiger partial charge in [-0.2, -0.15) is 0 Å². The Balaban J connectivity index is 2.11. The monoisotopic (exact) mass is 223 g/mol. The molecule has 4 nitrogen and oxygen atoms in total. The lowest BCUT2D eigenvalue weighted by Crippen LogP contribution is -2.39. The molecule has 1 unspecified atom stereocenters. The number of phenols is 2. The first-order valence-electron chi connectivity index (χ1n) is 5.59. The van der Waals surface area contributed by atoms with Crippen LogP contribution in [0.15, 0.2) is 18.2 Å². The molecule has 4 heteroatoms. The Morgan fingerprint density at radius 3 is 2.25 bits per heavy atom. The summed E-state index contributed by atoms with van der Waals surface area (Å²) in [6.45, 7) is -0.0423. The molecule has 1 fully saturated rings. The number of aromatic hydroxyl groups is 2. The van der Waals surface area contributed by atoms with Gasteiger partial charge >= 0.3 is 0 Å². The fourth-order valence-corrected chi connectivity index (χ4v) is 1.93. The molecule has 0 amide bonds. The van der Waals surface area contributed by atoms with E-state index in [1.165, 1.54) is 12.5 Å². The molecule has 0 saturated heterocycles. The molecule has 0 aromatic heterocycles. The molecule has 16 heavy (non-hydrogen) atoms. The van der Waals surface area contributed by atoms with Crippen molar-refractivity contribution >= 4 is 0 Å². The quantitative estimate of drug-likeness (QED) is 0.620. The molecule has 1 aliphatic carbocycles. The summed E-state index contributed by atoms with van der Waals surface area (Å²) < 4.78 is 0. The van der Waals surface area contributed by atoms with Crippen molar-refractivity contribution in [3.05, 3.63) is 23.8 Å². The van der Waals surface area contributed by atoms with Gasteiger partial charge in [0.15, 0.2) is 0 Å². The van der Waals surface area contributed by atoms with Crippen LogP contribution in [-0.2, 0) is 0 Å². The summed E-state index contributed by atoms with van der Waals surface area (Å²) in [6.07, 6.45) is 3.48. The van der Waals surface area contributed by atoms with Gasteiger partial charge in [-0.1, -0.05) is 6.42 Å². The van der Waals surface area contributed by atoms with E-state index in [-0.39, 0.29) is 24.1 Å². The lowest BCUT2D eigenvalue weighted by Gasteiger charge is -2.31. The largest absolute Gasteiger partial charge is 0.508 e.